The van der Waals surface area contributed by atoms with Crippen molar-refractivity contribution < 1.29 is 4.42 Å². The predicted octanol–water partition coefficient (Wildman–Crippen LogP) is 7.40. The summed E-state index contributed by atoms with van der Waals surface area (Å²) in [5.41, 5.74) is 7.58. The van der Waals surface area contributed by atoms with E-state index < -0.39 is 0 Å². The topological polar surface area (TPSA) is 28.9 Å². The molecule has 0 radical (unpaired) electrons. The van der Waals surface area contributed by atoms with E-state index in [0.717, 1.165) is 33.1 Å². The van der Waals surface area contributed by atoms with Gasteiger partial charge in [0.05, 0.1) is 11.2 Å². The van der Waals surface area contributed by atoms with Gasteiger partial charge in [-0.3, -0.25) is 0 Å². The molecule has 132 valence electrons. The Morgan fingerprint density at radius 3 is 1.96 bits per heavy atom. The normalized spacial score (nSPS) is 11.6. The van der Waals surface area contributed by atoms with Gasteiger partial charge < -0.3 is 9.40 Å². The first kappa shape index (κ1) is 15.3. The molecule has 2 heteroatoms. The molecule has 2 aromatic heterocycles. The number of hydrogen-bond donors (Lipinski definition) is 1. The van der Waals surface area contributed by atoms with Gasteiger partial charge in [0, 0.05) is 21.7 Å². The smallest absolute Gasteiger partial charge is 0.159 e. The van der Waals surface area contributed by atoms with Crippen LogP contribution in [0.5, 0.6) is 0 Å². The van der Waals surface area contributed by atoms with Gasteiger partial charge in [0.25, 0.3) is 0 Å². The second kappa shape index (κ2) is 5.86. The van der Waals surface area contributed by atoms with Gasteiger partial charge in [-0.15, -0.1) is 0 Å². The highest BCUT2D eigenvalue weighted by atomic mass is 16.3. The summed E-state index contributed by atoms with van der Waals surface area (Å²) in [6.07, 6.45) is 0. The first-order valence-corrected chi connectivity index (χ1v) is 9.47. The van der Waals surface area contributed by atoms with Crippen molar-refractivity contribution in [3.05, 3.63) is 97.1 Å². The summed E-state index contributed by atoms with van der Waals surface area (Å²) >= 11 is 0. The Hall–Kier alpha value is -3.78. The third-order valence-electron chi connectivity index (χ3n) is 5.44. The molecule has 0 atom stereocenters. The van der Waals surface area contributed by atoms with Crippen LogP contribution in [0.3, 0.4) is 0 Å². The van der Waals surface area contributed by atoms with Crippen molar-refractivity contribution in [1.82, 2.24) is 4.98 Å². The molecule has 2 heterocycles. The average Bonchev–Trinajstić information content (AvgIpc) is 3.33. The molecule has 6 aromatic rings. The molecular weight excluding hydrogens is 342 g/mol. The summed E-state index contributed by atoms with van der Waals surface area (Å²) < 4.78 is 6.27. The molecule has 6 rings (SSSR count). The average molecular weight is 359 g/mol. The van der Waals surface area contributed by atoms with Crippen LogP contribution < -0.4 is 0 Å². The van der Waals surface area contributed by atoms with Gasteiger partial charge in [-0.25, -0.2) is 0 Å². The van der Waals surface area contributed by atoms with Crippen molar-refractivity contribution in [3.8, 4) is 22.4 Å². The largest absolute Gasteiger partial charge is 0.454 e. The summed E-state index contributed by atoms with van der Waals surface area (Å²) in [5.74, 6) is 0. The number of para-hydroxylation sites is 1. The lowest BCUT2D eigenvalue weighted by molar-refractivity contribution is 0.672. The molecule has 0 saturated carbocycles. The summed E-state index contributed by atoms with van der Waals surface area (Å²) in [5, 5.41) is 3.47. The molecule has 0 aliphatic rings. The van der Waals surface area contributed by atoms with Crippen LogP contribution in [0.4, 0.5) is 0 Å². The number of H-pyrrole nitrogens is 1. The van der Waals surface area contributed by atoms with E-state index in [4.69, 9.17) is 4.42 Å². The van der Waals surface area contributed by atoms with Crippen LogP contribution in [0.15, 0.2) is 101 Å². The number of aromatic nitrogens is 1. The minimum absolute atomic E-state index is 0.915. The lowest BCUT2D eigenvalue weighted by Crippen LogP contribution is -1.82. The first-order chi connectivity index (χ1) is 13.9. The van der Waals surface area contributed by atoms with Crippen molar-refractivity contribution >= 4 is 32.8 Å². The maximum absolute atomic E-state index is 6.27. The van der Waals surface area contributed by atoms with Crippen LogP contribution in [0.2, 0.25) is 0 Å². The summed E-state index contributed by atoms with van der Waals surface area (Å²) in [6.45, 7) is 0. The molecule has 0 fully saturated rings. The van der Waals surface area contributed by atoms with Gasteiger partial charge in [0.2, 0.25) is 0 Å². The molecular formula is C26H17NO. The monoisotopic (exact) mass is 359 g/mol. The molecule has 0 saturated heterocycles. The lowest BCUT2D eigenvalue weighted by atomic mass is 9.98. The van der Waals surface area contributed by atoms with Crippen LogP contribution in [0.25, 0.3) is 55.2 Å². The van der Waals surface area contributed by atoms with E-state index in [2.05, 4.69) is 83.8 Å². The number of aromatic amines is 1. The lowest BCUT2D eigenvalue weighted by Gasteiger charge is -2.05. The molecule has 0 spiro atoms. The van der Waals surface area contributed by atoms with Crippen LogP contribution in [-0.2, 0) is 0 Å². The van der Waals surface area contributed by atoms with Gasteiger partial charge in [-0.2, -0.15) is 0 Å². The zero-order chi connectivity index (χ0) is 18.5. The SMILES string of the molecule is c1ccc(-c2[nH]c3c(ccc4c5ccccc5oc43)c2-c2ccccc2)cc1. The Labute approximate surface area is 162 Å². The Morgan fingerprint density at radius 2 is 1.18 bits per heavy atom. The third-order valence-corrected chi connectivity index (χ3v) is 5.44. The Bertz CT molecular complexity index is 1440. The molecule has 0 amide bonds. The van der Waals surface area contributed by atoms with Crippen LogP contribution in [0, 0.1) is 0 Å². The molecule has 0 aliphatic heterocycles. The van der Waals surface area contributed by atoms with Crippen molar-refractivity contribution in [2.45, 2.75) is 0 Å². The van der Waals surface area contributed by atoms with E-state index in [0.29, 0.717) is 0 Å². The molecule has 28 heavy (non-hydrogen) atoms. The molecule has 1 N–H and O–H groups in total. The van der Waals surface area contributed by atoms with Gasteiger partial charge in [0.15, 0.2) is 5.58 Å². The number of nitrogens with one attached hydrogen (secondary N) is 1. The maximum Gasteiger partial charge on any atom is 0.159 e. The fourth-order valence-corrected chi connectivity index (χ4v) is 4.17. The van der Waals surface area contributed by atoms with E-state index in [1.807, 2.05) is 18.2 Å². The highest BCUT2D eigenvalue weighted by molar-refractivity contribution is 6.18. The number of furan rings is 1. The molecule has 4 aromatic carbocycles. The minimum Gasteiger partial charge on any atom is -0.454 e. The third kappa shape index (κ3) is 2.15. The second-order valence-corrected chi connectivity index (χ2v) is 7.07. The quantitative estimate of drug-likeness (QED) is 0.343. The Balaban J connectivity index is 1.77. The van der Waals surface area contributed by atoms with Crippen LogP contribution in [0.1, 0.15) is 0 Å². The maximum atomic E-state index is 6.27. The van der Waals surface area contributed by atoms with E-state index >= 15 is 0 Å². The van der Waals surface area contributed by atoms with Gasteiger partial charge in [-0.1, -0.05) is 84.9 Å². The summed E-state index contributed by atoms with van der Waals surface area (Å²) in [7, 11) is 0. The van der Waals surface area contributed by atoms with E-state index in [9.17, 15) is 0 Å². The number of benzene rings is 4. The Kier molecular flexibility index (Phi) is 3.20. The Morgan fingerprint density at radius 1 is 0.536 bits per heavy atom. The number of fused-ring (bicyclic) bond motifs is 5. The fourth-order valence-electron chi connectivity index (χ4n) is 4.17. The minimum atomic E-state index is 0.915. The fraction of sp³-hybridized carbons (Fsp3) is 0. The summed E-state index contributed by atoms with van der Waals surface area (Å²) in [4.78, 5) is 3.69. The number of hydrogen-bond acceptors (Lipinski definition) is 1. The predicted molar refractivity (Wildman–Crippen MR) is 116 cm³/mol. The first-order valence-electron chi connectivity index (χ1n) is 9.47. The highest BCUT2D eigenvalue weighted by Gasteiger charge is 2.19. The van der Waals surface area contributed by atoms with Crippen molar-refractivity contribution in [2.24, 2.45) is 0 Å². The second-order valence-electron chi connectivity index (χ2n) is 7.07. The summed E-state index contributed by atoms with van der Waals surface area (Å²) in [6, 6.07) is 33.7. The highest BCUT2D eigenvalue weighted by Crippen LogP contribution is 2.42. The van der Waals surface area contributed by atoms with Gasteiger partial charge >= 0.3 is 0 Å². The molecule has 0 aliphatic carbocycles. The van der Waals surface area contributed by atoms with E-state index in [1.54, 1.807) is 0 Å². The molecule has 0 unspecified atom stereocenters. The van der Waals surface area contributed by atoms with Crippen LogP contribution in [-0.4, -0.2) is 4.98 Å². The standard InChI is InChI=1S/C26H17NO/c1-3-9-17(10-4-1)23-21-16-15-20-19-13-7-8-14-22(19)28-26(20)25(21)27-24(23)18-11-5-2-6-12-18/h1-16,27H. The zero-order valence-electron chi connectivity index (χ0n) is 15.1. The number of rotatable bonds is 2. The van der Waals surface area contributed by atoms with Crippen molar-refractivity contribution in [1.29, 1.82) is 0 Å². The van der Waals surface area contributed by atoms with Crippen molar-refractivity contribution in [2.75, 3.05) is 0 Å². The van der Waals surface area contributed by atoms with Gasteiger partial charge in [-0.05, 0) is 23.3 Å². The van der Waals surface area contributed by atoms with Crippen LogP contribution >= 0.6 is 0 Å². The molecule has 0 bridgehead atoms. The van der Waals surface area contributed by atoms with E-state index in [1.165, 1.54) is 22.1 Å². The van der Waals surface area contributed by atoms with Crippen molar-refractivity contribution in [3.63, 3.8) is 0 Å². The van der Waals surface area contributed by atoms with Gasteiger partial charge in [0.1, 0.15) is 5.58 Å². The zero-order valence-corrected chi connectivity index (χ0v) is 15.1. The van der Waals surface area contributed by atoms with E-state index in [-0.39, 0.29) is 0 Å². The molecule has 2 nitrogen and oxygen atoms in total.